The van der Waals surface area contributed by atoms with Gasteiger partial charge in [-0.1, -0.05) is 0 Å². The topological polar surface area (TPSA) is 88.1 Å². The standard InChI is InChI=1S/C15H17N5O2S/c1-10(21)17-6-11-5-16-7-12(19-11)14-3-2-4-20(14)15(22)13-8-23-9-18-13/h5,7-9,14H,2-4,6H2,1H3,(H,17,21)/t14-/m1/s1. The van der Waals surface area contributed by atoms with Crippen molar-refractivity contribution in [2.24, 2.45) is 0 Å². The second-order valence-corrected chi connectivity index (χ2v) is 6.09. The lowest BCUT2D eigenvalue weighted by molar-refractivity contribution is -0.119. The minimum atomic E-state index is -0.113. The van der Waals surface area contributed by atoms with E-state index in [-0.39, 0.29) is 17.9 Å². The van der Waals surface area contributed by atoms with E-state index in [9.17, 15) is 9.59 Å². The van der Waals surface area contributed by atoms with Gasteiger partial charge in [0.2, 0.25) is 5.91 Å². The van der Waals surface area contributed by atoms with Gasteiger partial charge in [0.15, 0.2) is 0 Å². The van der Waals surface area contributed by atoms with Gasteiger partial charge < -0.3 is 10.2 Å². The monoisotopic (exact) mass is 331 g/mol. The lowest BCUT2D eigenvalue weighted by Crippen LogP contribution is -2.31. The fourth-order valence-corrected chi connectivity index (χ4v) is 3.19. The van der Waals surface area contributed by atoms with Crippen molar-refractivity contribution in [1.82, 2.24) is 25.2 Å². The van der Waals surface area contributed by atoms with Crippen LogP contribution in [0.1, 0.15) is 47.7 Å². The van der Waals surface area contributed by atoms with Gasteiger partial charge >= 0.3 is 0 Å². The fourth-order valence-electron chi connectivity index (χ4n) is 2.67. The second-order valence-electron chi connectivity index (χ2n) is 5.38. The third kappa shape index (κ3) is 3.53. The quantitative estimate of drug-likeness (QED) is 0.918. The van der Waals surface area contributed by atoms with Crippen LogP contribution >= 0.6 is 11.3 Å². The smallest absolute Gasteiger partial charge is 0.273 e. The number of nitrogens with one attached hydrogen (secondary N) is 1. The van der Waals surface area contributed by atoms with E-state index >= 15 is 0 Å². The highest BCUT2D eigenvalue weighted by Crippen LogP contribution is 2.31. The number of rotatable bonds is 4. The number of carbonyl (C=O) groups is 2. The summed E-state index contributed by atoms with van der Waals surface area (Å²) in [6.45, 7) is 2.49. The van der Waals surface area contributed by atoms with Crippen LogP contribution in [0.2, 0.25) is 0 Å². The predicted octanol–water partition coefficient (Wildman–Crippen LogP) is 1.55. The van der Waals surface area contributed by atoms with Crippen molar-refractivity contribution in [3.05, 3.63) is 40.4 Å². The number of carbonyl (C=O) groups excluding carboxylic acids is 2. The molecule has 7 nitrogen and oxygen atoms in total. The van der Waals surface area contributed by atoms with E-state index in [0.29, 0.717) is 24.5 Å². The summed E-state index contributed by atoms with van der Waals surface area (Å²) in [5, 5.41) is 4.47. The third-order valence-corrected chi connectivity index (χ3v) is 4.31. The molecule has 1 N–H and O–H groups in total. The van der Waals surface area contributed by atoms with E-state index in [1.165, 1.54) is 18.3 Å². The molecule has 0 spiro atoms. The Morgan fingerprint density at radius 3 is 3.04 bits per heavy atom. The first-order chi connectivity index (χ1) is 11.1. The molecule has 1 atom stereocenters. The van der Waals surface area contributed by atoms with Gasteiger partial charge in [-0.25, -0.2) is 4.98 Å². The lowest BCUT2D eigenvalue weighted by Gasteiger charge is -2.23. The number of hydrogen-bond acceptors (Lipinski definition) is 6. The fraction of sp³-hybridized carbons (Fsp3) is 0.400. The Morgan fingerprint density at radius 2 is 2.30 bits per heavy atom. The molecule has 0 unspecified atom stereocenters. The Hall–Kier alpha value is -2.35. The highest BCUT2D eigenvalue weighted by atomic mass is 32.1. The van der Waals surface area contributed by atoms with Gasteiger partial charge in [-0.2, -0.15) is 0 Å². The van der Waals surface area contributed by atoms with Crippen LogP contribution in [-0.2, 0) is 11.3 Å². The molecule has 0 aliphatic carbocycles. The number of likely N-dealkylation sites (tertiary alicyclic amines) is 1. The number of aromatic nitrogens is 3. The SMILES string of the molecule is CC(=O)NCc1cncc([C@H]2CCCN2C(=O)c2cscn2)n1. The summed E-state index contributed by atoms with van der Waals surface area (Å²) < 4.78 is 0. The molecule has 1 fully saturated rings. The molecular weight excluding hydrogens is 314 g/mol. The highest BCUT2D eigenvalue weighted by molar-refractivity contribution is 7.07. The maximum atomic E-state index is 12.6. The average Bonchev–Trinajstić information content (AvgIpc) is 3.23. The third-order valence-electron chi connectivity index (χ3n) is 3.73. The van der Waals surface area contributed by atoms with Crippen LogP contribution in [0.3, 0.4) is 0 Å². The zero-order chi connectivity index (χ0) is 16.2. The summed E-state index contributed by atoms with van der Waals surface area (Å²) in [5.74, 6) is -0.179. The predicted molar refractivity (Wildman–Crippen MR) is 84.7 cm³/mol. The largest absolute Gasteiger partial charge is 0.351 e. The summed E-state index contributed by atoms with van der Waals surface area (Å²) in [6, 6.07) is -0.0889. The molecule has 1 aliphatic heterocycles. The van der Waals surface area contributed by atoms with Crippen LogP contribution in [0.5, 0.6) is 0 Å². The minimum Gasteiger partial charge on any atom is -0.351 e. The molecule has 120 valence electrons. The van der Waals surface area contributed by atoms with Gasteiger partial charge in [0.25, 0.3) is 5.91 Å². The zero-order valence-electron chi connectivity index (χ0n) is 12.7. The molecule has 0 saturated carbocycles. The van der Waals surface area contributed by atoms with Gasteiger partial charge in [-0.05, 0) is 12.8 Å². The first-order valence-corrected chi connectivity index (χ1v) is 8.34. The van der Waals surface area contributed by atoms with Crippen molar-refractivity contribution < 1.29 is 9.59 Å². The number of hydrogen-bond donors (Lipinski definition) is 1. The van der Waals surface area contributed by atoms with Crippen molar-refractivity contribution in [3.63, 3.8) is 0 Å². The van der Waals surface area contributed by atoms with E-state index in [2.05, 4.69) is 20.3 Å². The molecule has 2 aromatic heterocycles. The molecule has 3 rings (SSSR count). The van der Waals surface area contributed by atoms with Crippen LogP contribution in [0, 0.1) is 0 Å². The Labute approximate surface area is 137 Å². The van der Waals surface area contributed by atoms with Crippen molar-refractivity contribution in [3.8, 4) is 0 Å². The molecule has 1 saturated heterocycles. The summed E-state index contributed by atoms with van der Waals surface area (Å²) in [7, 11) is 0. The molecule has 3 heterocycles. The summed E-state index contributed by atoms with van der Waals surface area (Å²) in [4.78, 5) is 38.2. The molecule has 0 aromatic carbocycles. The van der Waals surface area contributed by atoms with Gasteiger partial charge in [-0.15, -0.1) is 11.3 Å². The summed E-state index contributed by atoms with van der Waals surface area (Å²) in [5.41, 5.74) is 3.58. The Kier molecular flexibility index (Phi) is 4.61. The van der Waals surface area contributed by atoms with E-state index < -0.39 is 0 Å². The van der Waals surface area contributed by atoms with Gasteiger partial charge in [0.05, 0.1) is 41.9 Å². The van der Waals surface area contributed by atoms with Gasteiger partial charge in [0.1, 0.15) is 5.69 Å². The van der Waals surface area contributed by atoms with Gasteiger partial charge in [0, 0.05) is 18.8 Å². The van der Waals surface area contributed by atoms with E-state index in [1.807, 2.05) is 0 Å². The lowest BCUT2D eigenvalue weighted by atomic mass is 10.1. The van der Waals surface area contributed by atoms with Crippen molar-refractivity contribution in [1.29, 1.82) is 0 Å². The van der Waals surface area contributed by atoms with Crippen molar-refractivity contribution in [2.45, 2.75) is 32.4 Å². The average molecular weight is 331 g/mol. The number of thiazole rings is 1. The van der Waals surface area contributed by atoms with Crippen molar-refractivity contribution >= 4 is 23.2 Å². The highest BCUT2D eigenvalue weighted by Gasteiger charge is 2.32. The molecule has 0 radical (unpaired) electrons. The molecule has 23 heavy (non-hydrogen) atoms. The maximum absolute atomic E-state index is 12.6. The molecule has 2 aromatic rings. The van der Waals surface area contributed by atoms with Crippen LogP contribution in [-0.4, -0.2) is 38.2 Å². The molecular formula is C15H17N5O2S. The van der Waals surface area contributed by atoms with Crippen LogP contribution < -0.4 is 5.32 Å². The normalized spacial score (nSPS) is 17.3. The maximum Gasteiger partial charge on any atom is 0.273 e. The van der Waals surface area contributed by atoms with Gasteiger partial charge in [-0.3, -0.25) is 19.6 Å². The van der Waals surface area contributed by atoms with Crippen LogP contribution in [0.4, 0.5) is 0 Å². The first kappa shape index (κ1) is 15.5. The van der Waals surface area contributed by atoms with Crippen LogP contribution in [0.15, 0.2) is 23.3 Å². The van der Waals surface area contributed by atoms with E-state index in [4.69, 9.17) is 0 Å². The summed E-state index contributed by atoms with van der Waals surface area (Å²) >= 11 is 1.41. The molecule has 1 aliphatic rings. The first-order valence-electron chi connectivity index (χ1n) is 7.39. The summed E-state index contributed by atoms with van der Waals surface area (Å²) in [6.07, 6.45) is 5.10. The Balaban J connectivity index is 1.78. The number of amides is 2. The van der Waals surface area contributed by atoms with Crippen molar-refractivity contribution in [2.75, 3.05) is 6.54 Å². The molecule has 0 bridgehead atoms. The van der Waals surface area contributed by atoms with E-state index in [1.54, 1.807) is 28.2 Å². The second kappa shape index (κ2) is 6.82. The molecule has 2 amide bonds. The number of nitrogens with zero attached hydrogens (tertiary/aromatic N) is 4. The Bertz CT molecular complexity index is 704. The minimum absolute atomic E-state index is 0.0668. The van der Waals surface area contributed by atoms with E-state index in [0.717, 1.165) is 18.5 Å². The van der Waals surface area contributed by atoms with Crippen LogP contribution in [0.25, 0.3) is 0 Å². The Morgan fingerprint density at radius 1 is 1.43 bits per heavy atom. The zero-order valence-corrected chi connectivity index (χ0v) is 13.5. The molecule has 8 heteroatoms.